The molecule has 0 spiro atoms. The first-order valence-corrected chi connectivity index (χ1v) is 5.23. The molecule has 0 aliphatic rings. The van der Waals surface area contributed by atoms with Crippen LogP contribution in [0.5, 0.6) is 0 Å². The average Bonchev–Trinajstić information content (AvgIpc) is 1.99. The lowest BCUT2D eigenvalue weighted by Gasteiger charge is -2.14. The standard InChI is InChI=1S/C10H11BrF3N/c11-8-3-1-2-7(4-8)5-9(15)6-10(12,13)14/h1-4,9H,5-6,15H2/t9-/m0/s1. The van der Waals surface area contributed by atoms with Gasteiger partial charge >= 0.3 is 6.18 Å². The molecule has 1 nitrogen and oxygen atoms in total. The zero-order chi connectivity index (χ0) is 11.5. The van der Waals surface area contributed by atoms with Gasteiger partial charge in [-0.25, -0.2) is 0 Å². The summed E-state index contributed by atoms with van der Waals surface area (Å²) in [6.45, 7) is 0. The predicted molar refractivity (Wildman–Crippen MR) is 56.5 cm³/mol. The van der Waals surface area contributed by atoms with Crippen molar-refractivity contribution in [1.29, 1.82) is 0 Å². The molecule has 0 fully saturated rings. The molecule has 5 heteroatoms. The minimum Gasteiger partial charge on any atom is -0.327 e. The van der Waals surface area contributed by atoms with Gasteiger partial charge in [-0.15, -0.1) is 0 Å². The maximum Gasteiger partial charge on any atom is 0.390 e. The van der Waals surface area contributed by atoms with Gasteiger partial charge in [0, 0.05) is 10.5 Å². The van der Waals surface area contributed by atoms with Crippen LogP contribution in [0.4, 0.5) is 13.2 Å². The van der Waals surface area contributed by atoms with Crippen molar-refractivity contribution in [2.24, 2.45) is 5.73 Å². The summed E-state index contributed by atoms with van der Waals surface area (Å²) in [6.07, 6.45) is -4.90. The van der Waals surface area contributed by atoms with E-state index in [1.165, 1.54) is 0 Å². The molecule has 15 heavy (non-hydrogen) atoms. The minimum absolute atomic E-state index is 0.235. The summed E-state index contributed by atoms with van der Waals surface area (Å²) in [5.41, 5.74) is 6.21. The van der Waals surface area contributed by atoms with Gasteiger partial charge in [-0.1, -0.05) is 28.1 Å². The highest BCUT2D eigenvalue weighted by molar-refractivity contribution is 9.10. The van der Waals surface area contributed by atoms with Gasteiger partial charge in [0.2, 0.25) is 0 Å². The van der Waals surface area contributed by atoms with E-state index in [0.717, 1.165) is 10.0 Å². The minimum atomic E-state index is -4.19. The fraction of sp³-hybridized carbons (Fsp3) is 0.400. The summed E-state index contributed by atoms with van der Waals surface area (Å²) >= 11 is 3.25. The Hall–Kier alpha value is -0.550. The lowest BCUT2D eigenvalue weighted by Crippen LogP contribution is -2.29. The topological polar surface area (TPSA) is 26.0 Å². The molecule has 1 aromatic rings. The highest BCUT2D eigenvalue weighted by Crippen LogP contribution is 2.22. The number of alkyl halides is 3. The molecule has 0 aliphatic heterocycles. The van der Waals surface area contributed by atoms with E-state index in [4.69, 9.17) is 5.73 Å². The molecule has 1 rings (SSSR count). The number of hydrogen-bond donors (Lipinski definition) is 1. The van der Waals surface area contributed by atoms with Crippen molar-refractivity contribution < 1.29 is 13.2 Å². The van der Waals surface area contributed by atoms with Crippen molar-refractivity contribution in [3.63, 3.8) is 0 Å². The molecular weight excluding hydrogens is 271 g/mol. The Balaban J connectivity index is 2.55. The first kappa shape index (κ1) is 12.5. The SMILES string of the molecule is N[C@@H](Cc1cccc(Br)c1)CC(F)(F)F. The average molecular weight is 282 g/mol. The second-order valence-electron chi connectivity index (χ2n) is 3.41. The van der Waals surface area contributed by atoms with Gasteiger partial charge in [0.25, 0.3) is 0 Å². The van der Waals surface area contributed by atoms with Crippen LogP contribution in [-0.2, 0) is 6.42 Å². The molecule has 0 saturated heterocycles. The van der Waals surface area contributed by atoms with Crippen LogP contribution in [0.3, 0.4) is 0 Å². The van der Waals surface area contributed by atoms with E-state index in [-0.39, 0.29) is 6.42 Å². The van der Waals surface area contributed by atoms with Gasteiger partial charge < -0.3 is 5.73 Å². The Bertz CT molecular complexity index is 325. The second kappa shape index (κ2) is 4.99. The molecule has 0 saturated carbocycles. The summed E-state index contributed by atoms with van der Waals surface area (Å²) in [7, 11) is 0. The zero-order valence-corrected chi connectivity index (χ0v) is 9.48. The third kappa shape index (κ3) is 5.18. The largest absolute Gasteiger partial charge is 0.390 e. The summed E-state index contributed by atoms with van der Waals surface area (Å²) in [5.74, 6) is 0. The van der Waals surface area contributed by atoms with Gasteiger partial charge in [0.1, 0.15) is 0 Å². The molecule has 0 radical (unpaired) electrons. The highest BCUT2D eigenvalue weighted by Gasteiger charge is 2.30. The highest BCUT2D eigenvalue weighted by atomic mass is 79.9. The normalized spacial score (nSPS) is 13.9. The first-order chi connectivity index (χ1) is 6.87. The maximum atomic E-state index is 12.0. The zero-order valence-electron chi connectivity index (χ0n) is 7.89. The molecule has 0 amide bonds. The van der Waals surface area contributed by atoms with Crippen LogP contribution in [0.1, 0.15) is 12.0 Å². The first-order valence-electron chi connectivity index (χ1n) is 4.43. The number of rotatable bonds is 3. The van der Waals surface area contributed by atoms with E-state index in [9.17, 15) is 13.2 Å². The molecule has 84 valence electrons. The molecule has 0 unspecified atom stereocenters. The summed E-state index contributed by atoms with van der Waals surface area (Å²) in [6, 6.07) is 6.26. The van der Waals surface area contributed by atoms with Crippen LogP contribution >= 0.6 is 15.9 Å². The van der Waals surface area contributed by atoms with Crippen LogP contribution in [0, 0.1) is 0 Å². The van der Waals surface area contributed by atoms with Crippen LogP contribution in [0.15, 0.2) is 28.7 Å². The fourth-order valence-electron chi connectivity index (χ4n) is 1.34. The number of halogens is 4. The van der Waals surface area contributed by atoms with Gasteiger partial charge in [0.15, 0.2) is 0 Å². The van der Waals surface area contributed by atoms with Gasteiger partial charge in [-0.2, -0.15) is 13.2 Å². The monoisotopic (exact) mass is 281 g/mol. The van der Waals surface area contributed by atoms with Gasteiger partial charge in [-0.3, -0.25) is 0 Å². The number of hydrogen-bond acceptors (Lipinski definition) is 1. The Morgan fingerprint density at radius 2 is 2.00 bits per heavy atom. The Morgan fingerprint density at radius 3 is 2.53 bits per heavy atom. The van der Waals surface area contributed by atoms with E-state index in [1.54, 1.807) is 18.2 Å². The Labute approximate surface area is 94.6 Å². The molecule has 1 aromatic carbocycles. The molecule has 0 aliphatic carbocycles. The van der Waals surface area contributed by atoms with Crippen LogP contribution in [-0.4, -0.2) is 12.2 Å². The van der Waals surface area contributed by atoms with E-state index >= 15 is 0 Å². The van der Waals surface area contributed by atoms with Crippen molar-refractivity contribution in [2.75, 3.05) is 0 Å². The fourth-order valence-corrected chi connectivity index (χ4v) is 1.78. The quantitative estimate of drug-likeness (QED) is 0.904. The third-order valence-corrected chi connectivity index (χ3v) is 2.37. The Morgan fingerprint density at radius 1 is 1.33 bits per heavy atom. The smallest absolute Gasteiger partial charge is 0.327 e. The lowest BCUT2D eigenvalue weighted by molar-refractivity contribution is -0.138. The second-order valence-corrected chi connectivity index (χ2v) is 4.33. The number of nitrogens with two attached hydrogens (primary N) is 1. The summed E-state index contributed by atoms with van der Waals surface area (Å²) < 4.78 is 36.8. The third-order valence-electron chi connectivity index (χ3n) is 1.88. The van der Waals surface area contributed by atoms with Crippen molar-refractivity contribution >= 4 is 15.9 Å². The summed E-state index contributed by atoms with van der Waals surface area (Å²) in [4.78, 5) is 0. The molecular formula is C10H11BrF3N. The molecule has 0 aromatic heterocycles. The van der Waals surface area contributed by atoms with Gasteiger partial charge in [-0.05, 0) is 24.1 Å². The molecule has 1 atom stereocenters. The lowest BCUT2D eigenvalue weighted by atomic mass is 10.0. The maximum absolute atomic E-state index is 12.0. The molecule has 2 N–H and O–H groups in total. The van der Waals surface area contributed by atoms with Crippen molar-refractivity contribution in [2.45, 2.75) is 25.1 Å². The van der Waals surface area contributed by atoms with Crippen LogP contribution in [0.2, 0.25) is 0 Å². The number of benzene rings is 1. The van der Waals surface area contributed by atoms with E-state index in [1.807, 2.05) is 6.07 Å². The molecule has 0 bridgehead atoms. The summed E-state index contributed by atoms with van der Waals surface area (Å²) in [5, 5.41) is 0. The van der Waals surface area contributed by atoms with Crippen molar-refractivity contribution in [3.05, 3.63) is 34.3 Å². The van der Waals surface area contributed by atoms with E-state index < -0.39 is 18.6 Å². The van der Waals surface area contributed by atoms with Crippen LogP contribution in [0.25, 0.3) is 0 Å². The molecule has 0 heterocycles. The van der Waals surface area contributed by atoms with Crippen molar-refractivity contribution in [3.8, 4) is 0 Å². The Kier molecular flexibility index (Phi) is 4.16. The van der Waals surface area contributed by atoms with E-state index in [2.05, 4.69) is 15.9 Å². The predicted octanol–water partition coefficient (Wildman–Crippen LogP) is 3.27. The van der Waals surface area contributed by atoms with E-state index in [0.29, 0.717) is 0 Å². The van der Waals surface area contributed by atoms with Gasteiger partial charge in [0.05, 0.1) is 6.42 Å². The van der Waals surface area contributed by atoms with Crippen LogP contribution < -0.4 is 5.73 Å². The van der Waals surface area contributed by atoms with Crippen molar-refractivity contribution in [1.82, 2.24) is 0 Å².